The molecule has 0 atom stereocenters. The van der Waals surface area contributed by atoms with Crippen LogP contribution in [-0.2, 0) is 4.79 Å². The van der Waals surface area contributed by atoms with Gasteiger partial charge in [0.25, 0.3) is 0 Å². The van der Waals surface area contributed by atoms with Gasteiger partial charge in [0.2, 0.25) is 0 Å². The first kappa shape index (κ1) is 10.5. The maximum absolute atomic E-state index is 10.8. The lowest BCUT2D eigenvalue weighted by Gasteiger charge is -2.08. The molecule has 4 heteroatoms. The largest absolute Gasteiger partial charge is 0.493 e. The number of aryl methyl sites for hydroxylation is 1. The number of esters is 1. The highest BCUT2D eigenvalue weighted by molar-refractivity contribution is 5.74. The van der Waals surface area contributed by atoms with E-state index in [1.807, 2.05) is 6.92 Å². The van der Waals surface area contributed by atoms with E-state index in [0.29, 0.717) is 11.5 Å². The number of hydrogen-bond donors (Lipinski definition) is 1. The van der Waals surface area contributed by atoms with Crippen LogP contribution >= 0.6 is 0 Å². The minimum atomic E-state index is -0.702. The number of benzene rings is 1. The van der Waals surface area contributed by atoms with Crippen LogP contribution < -0.4 is 9.47 Å². The van der Waals surface area contributed by atoms with Crippen molar-refractivity contribution in [1.29, 1.82) is 0 Å². The summed E-state index contributed by atoms with van der Waals surface area (Å²) < 4.78 is 9.84. The maximum Gasteiger partial charge on any atom is 0.337 e. The fraction of sp³-hybridized carbons (Fsp3) is 0.300. The van der Waals surface area contributed by atoms with Gasteiger partial charge in [-0.2, -0.15) is 0 Å². The molecule has 0 unspecified atom stereocenters. The molecule has 0 heterocycles. The van der Waals surface area contributed by atoms with Crippen molar-refractivity contribution in [1.82, 2.24) is 0 Å². The molecule has 0 aliphatic carbocycles. The SMILES string of the molecule is COc1cc(C)ccc1OC(=O)CO. The number of hydrogen-bond acceptors (Lipinski definition) is 4. The van der Waals surface area contributed by atoms with Crippen LogP contribution in [0.1, 0.15) is 5.56 Å². The standard InChI is InChI=1S/C10H12O4/c1-7-3-4-8(9(5-7)13-2)14-10(12)6-11/h3-5,11H,6H2,1-2H3. The van der Waals surface area contributed by atoms with E-state index in [1.54, 1.807) is 18.2 Å². The van der Waals surface area contributed by atoms with Crippen LogP contribution in [0.3, 0.4) is 0 Å². The second kappa shape index (κ2) is 4.62. The summed E-state index contributed by atoms with van der Waals surface area (Å²) in [5.41, 5.74) is 1.01. The van der Waals surface area contributed by atoms with Crippen LogP contribution in [0.5, 0.6) is 11.5 Å². The molecule has 1 aromatic rings. The van der Waals surface area contributed by atoms with Crippen molar-refractivity contribution in [3.8, 4) is 11.5 Å². The van der Waals surface area contributed by atoms with E-state index in [9.17, 15) is 4.79 Å². The molecule has 0 aliphatic heterocycles. The van der Waals surface area contributed by atoms with E-state index in [1.165, 1.54) is 7.11 Å². The van der Waals surface area contributed by atoms with Crippen molar-refractivity contribution in [2.24, 2.45) is 0 Å². The molecule has 0 saturated carbocycles. The van der Waals surface area contributed by atoms with Crippen LogP contribution in [0.25, 0.3) is 0 Å². The van der Waals surface area contributed by atoms with Gasteiger partial charge >= 0.3 is 5.97 Å². The molecule has 0 fully saturated rings. The Balaban J connectivity index is 2.90. The topological polar surface area (TPSA) is 55.8 Å². The number of rotatable bonds is 3. The van der Waals surface area contributed by atoms with Crippen molar-refractivity contribution >= 4 is 5.97 Å². The zero-order valence-corrected chi connectivity index (χ0v) is 8.11. The van der Waals surface area contributed by atoms with Gasteiger partial charge in [0.15, 0.2) is 11.5 Å². The smallest absolute Gasteiger partial charge is 0.337 e. The van der Waals surface area contributed by atoms with Gasteiger partial charge in [0, 0.05) is 0 Å². The lowest BCUT2D eigenvalue weighted by Crippen LogP contribution is -2.12. The number of carbonyl (C=O) groups is 1. The zero-order chi connectivity index (χ0) is 10.6. The predicted molar refractivity (Wildman–Crippen MR) is 50.5 cm³/mol. The van der Waals surface area contributed by atoms with Gasteiger partial charge < -0.3 is 14.6 Å². The van der Waals surface area contributed by atoms with Crippen LogP contribution in [0.15, 0.2) is 18.2 Å². The Morgan fingerprint density at radius 3 is 2.71 bits per heavy atom. The monoisotopic (exact) mass is 196 g/mol. The van der Waals surface area contributed by atoms with Crippen LogP contribution in [0.2, 0.25) is 0 Å². The third-order valence-corrected chi connectivity index (χ3v) is 1.67. The summed E-state index contributed by atoms with van der Waals surface area (Å²) in [6, 6.07) is 5.17. The van der Waals surface area contributed by atoms with Crippen molar-refractivity contribution in [2.45, 2.75) is 6.92 Å². The first-order chi connectivity index (χ1) is 6.67. The lowest BCUT2D eigenvalue weighted by molar-refractivity contribution is -0.137. The van der Waals surface area contributed by atoms with Gasteiger partial charge in [-0.25, -0.2) is 4.79 Å². The van der Waals surface area contributed by atoms with Gasteiger partial charge in [-0.05, 0) is 24.6 Å². The van der Waals surface area contributed by atoms with Gasteiger partial charge in [0.1, 0.15) is 6.61 Å². The molecule has 1 N–H and O–H groups in total. The molecule has 14 heavy (non-hydrogen) atoms. The van der Waals surface area contributed by atoms with E-state index < -0.39 is 12.6 Å². The van der Waals surface area contributed by atoms with E-state index in [0.717, 1.165) is 5.56 Å². The summed E-state index contributed by atoms with van der Waals surface area (Å²) in [4.78, 5) is 10.8. The Morgan fingerprint density at radius 2 is 2.14 bits per heavy atom. The minimum Gasteiger partial charge on any atom is -0.493 e. The molecule has 0 aliphatic rings. The van der Waals surface area contributed by atoms with Crippen molar-refractivity contribution in [3.63, 3.8) is 0 Å². The number of methoxy groups -OCH3 is 1. The molecular weight excluding hydrogens is 184 g/mol. The fourth-order valence-corrected chi connectivity index (χ4v) is 1.01. The second-order valence-electron chi connectivity index (χ2n) is 2.79. The van der Waals surface area contributed by atoms with E-state index in [-0.39, 0.29) is 0 Å². The van der Waals surface area contributed by atoms with Gasteiger partial charge in [-0.1, -0.05) is 6.07 Å². The summed E-state index contributed by atoms with van der Waals surface area (Å²) in [6.07, 6.45) is 0. The molecular formula is C10H12O4. The molecule has 0 saturated heterocycles. The molecule has 0 spiro atoms. The summed E-state index contributed by atoms with van der Waals surface area (Å²) in [7, 11) is 1.49. The Hall–Kier alpha value is -1.55. The van der Waals surface area contributed by atoms with Crippen molar-refractivity contribution in [3.05, 3.63) is 23.8 Å². The Kier molecular flexibility index (Phi) is 3.48. The third-order valence-electron chi connectivity index (χ3n) is 1.67. The van der Waals surface area contributed by atoms with Crippen LogP contribution in [0, 0.1) is 6.92 Å². The van der Waals surface area contributed by atoms with Crippen LogP contribution in [0.4, 0.5) is 0 Å². The van der Waals surface area contributed by atoms with Crippen molar-refractivity contribution in [2.75, 3.05) is 13.7 Å². The Bertz CT molecular complexity index is 333. The molecule has 0 radical (unpaired) electrons. The molecule has 76 valence electrons. The van der Waals surface area contributed by atoms with Crippen molar-refractivity contribution < 1.29 is 19.4 Å². The van der Waals surface area contributed by atoms with E-state index in [4.69, 9.17) is 14.6 Å². The summed E-state index contributed by atoms with van der Waals surface area (Å²) in [5, 5.41) is 8.50. The highest BCUT2D eigenvalue weighted by atomic mass is 16.6. The summed E-state index contributed by atoms with van der Waals surface area (Å²) in [6.45, 7) is 1.26. The average Bonchev–Trinajstić information content (AvgIpc) is 2.20. The van der Waals surface area contributed by atoms with Crippen LogP contribution in [-0.4, -0.2) is 24.8 Å². The normalized spacial score (nSPS) is 9.64. The quantitative estimate of drug-likeness (QED) is 0.576. The summed E-state index contributed by atoms with van der Waals surface area (Å²) >= 11 is 0. The maximum atomic E-state index is 10.8. The molecule has 0 aromatic heterocycles. The molecule has 4 nitrogen and oxygen atoms in total. The highest BCUT2D eigenvalue weighted by Crippen LogP contribution is 2.27. The van der Waals surface area contributed by atoms with E-state index >= 15 is 0 Å². The predicted octanol–water partition coefficient (Wildman–Crippen LogP) is 0.901. The third kappa shape index (κ3) is 2.47. The molecule has 0 amide bonds. The lowest BCUT2D eigenvalue weighted by atomic mass is 10.2. The number of carbonyl (C=O) groups excluding carboxylic acids is 1. The number of aliphatic hydroxyl groups is 1. The molecule has 1 rings (SSSR count). The Labute approximate surface area is 82.1 Å². The average molecular weight is 196 g/mol. The zero-order valence-electron chi connectivity index (χ0n) is 8.11. The summed E-state index contributed by atoms with van der Waals surface area (Å²) in [5.74, 6) is 0.0936. The Morgan fingerprint density at radius 1 is 1.43 bits per heavy atom. The first-order valence-corrected chi connectivity index (χ1v) is 4.13. The molecule has 1 aromatic carbocycles. The first-order valence-electron chi connectivity index (χ1n) is 4.13. The highest BCUT2D eigenvalue weighted by Gasteiger charge is 2.08. The van der Waals surface area contributed by atoms with Gasteiger partial charge in [-0.15, -0.1) is 0 Å². The fourth-order valence-electron chi connectivity index (χ4n) is 1.01. The van der Waals surface area contributed by atoms with Gasteiger partial charge in [0.05, 0.1) is 7.11 Å². The van der Waals surface area contributed by atoms with Gasteiger partial charge in [-0.3, -0.25) is 0 Å². The number of ether oxygens (including phenoxy) is 2. The van der Waals surface area contributed by atoms with E-state index in [2.05, 4.69) is 0 Å². The minimum absolute atomic E-state index is 0.317. The number of aliphatic hydroxyl groups excluding tert-OH is 1. The second-order valence-corrected chi connectivity index (χ2v) is 2.79. The molecule has 0 bridgehead atoms.